The van der Waals surface area contributed by atoms with E-state index in [0.29, 0.717) is 5.56 Å². The summed E-state index contributed by atoms with van der Waals surface area (Å²) in [6.45, 7) is 0.114. The molecule has 0 aliphatic carbocycles. The topological polar surface area (TPSA) is 81.6 Å². The molecule has 0 radical (unpaired) electrons. The lowest BCUT2D eigenvalue weighted by atomic mass is 10.3. The van der Waals surface area contributed by atoms with Gasteiger partial charge >= 0.3 is 0 Å². The van der Waals surface area contributed by atoms with Gasteiger partial charge in [-0.25, -0.2) is 0 Å². The summed E-state index contributed by atoms with van der Waals surface area (Å²) in [5, 5.41) is 3.23. The maximum absolute atomic E-state index is 10.8. The molecule has 13 heavy (non-hydrogen) atoms. The number of nitrogens with zero attached hydrogens (tertiary/aromatic N) is 3. The molecule has 0 aromatic carbocycles. The Kier molecular flexibility index (Phi) is 3.19. The minimum Gasteiger partial charge on any atom is -0.329 e. The average molecular weight is 174 g/mol. The molecule has 0 fully saturated rings. The van der Waals surface area contributed by atoms with Gasteiger partial charge in [0.15, 0.2) is 0 Å². The minimum absolute atomic E-state index is 0.114. The number of azide groups is 1. The van der Waals surface area contributed by atoms with Crippen LogP contribution in [0.1, 0.15) is 5.56 Å². The molecule has 0 bridgehead atoms. The van der Waals surface area contributed by atoms with Crippen LogP contribution in [0.25, 0.3) is 10.4 Å². The van der Waals surface area contributed by atoms with Crippen LogP contribution in [-0.2, 0) is 0 Å². The van der Waals surface area contributed by atoms with E-state index in [1.165, 1.54) is 12.3 Å². The zero-order valence-corrected chi connectivity index (χ0v) is 6.69. The van der Waals surface area contributed by atoms with E-state index in [-0.39, 0.29) is 12.1 Å². The van der Waals surface area contributed by atoms with Gasteiger partial charge in [0, 0.05) is 22.7 Å². The monoisotopic (exact) mass is 174 g/mol. The maximum Gasteiger partial charge on any atom is 0.249 e. The smallest absolute Gasteiger partial charge is 0.249 e. The largest absolute Gasteiger partial charge is 0.329 e. The van der Waals surface area contributed by atoms with Crippen molar-refractivity contribution in [1.82, 2.24) is 4.98 Å². The second-order valence-electron chi connectivity index (χ2n) is 2.13. The molecule has 1 aromatic heterocycles. The summed E-state index contributed by atoms with van der Waals surface area (Å²) in [6.07, 6.45) is 1.51. The van der Waals surface area contributed by atoms with Gasteiger partial charge in [0.1, 0.15) is 0 Å². The highest BCUT2D eigenvalue weighted by atomic mass is 16.1. The first-order valence-electron chi connectivity index (χ1n) is 3.51. The Morgan fingerprint density at radius 1 is 1.69 bits per heavy atom. The van der Waals surface area contributed by atoms with E-state index >= 15 is 0 Å². The van der Waals surface area contributed by atoms with Crippen molar-refractivity contribution in [1.29, 1.82) is 0 Å². The Morgan fingerprint density at radius 2 is 2.54 bits per heavy atom. The van der Waals surface area contributed by atoms with Gasteiger partial charge in [-0.3, -0.25) is 4.79 Å². The fourth-order valence-electron chi connectivity index (χ4n) is 0.731. The van der Waals surface area contributed by atoms with Gasteiger partial charge in [-0.2, -0.15) is 0 Å². The van der Waals surface area contributed by atoms with E-state index < -0.39 is 0 Å². The molecule has 1 heterocycles. The standard InChI is InChI=1S/C8H6N4O/c9-12-11-4-1-2-7-3-5-10-8(13)6-7/h3,5-6H,4H2,(H,10,13). The Bertz CT molecular complexity index is 445. The van der Waals surface area contributed by atoms with Gasteiger partial charge in [-0.15, -0.1) is 0 Å². The van der Waals surface area contributed by atoms with Crippen molar-refractivity contribution in [3.63, 3.8) is 0 Å². The zero-order valence-electron chi connectivity index (χ0n) is 6.69. The maximum atomic E-state index is 10.8. The van der Waals surface area contributed by atoms with Crippen LogP contribution in [0.3, 0.4) is 0 Å². The number of nitrogens with one attached hydrogen (secondary N) is 1. The van der Waals surface area contributed by atoms with Crippen LogP contribution in [0, 0.1) is 11.8 Å². The second kappa shape index (κ2) is 4.65. The van der Waals surface area contributed by atoms with E-state index in [1.54, 1.807) is 6.07 Å². The first-order valence-corrected chi connectivity index (χ1v) is 3.51. The van der Waals surface area contributed by atoms with Crippen molar-refractivity contribution < 1.29 is 0 Å². The molecule has 5 heteroatoms. The third-order valence-electron chi connectivity index (χ3n) is 1.22. The Morgan fingerprint density at radius 3 is 3.23 bits per heavy atom. The predicted molar refractivity (Wildman–Crippen MR) is 48.0 cm³/mol. The third kappa shape index (κ3) is 3.14. The molecule has 1 rings (SSSR count). The van der Waals surface area contributed by atoms with Crippen LogP contribution in [-0.4, -0.2) is 11.5 Å². The Hall–Kier alpha value is -2.18. The summed E-state index contributed by atoms with van der Waals surface area (Å²) < 4.78 is 0. The van der Waals surface area contributed by atoms with Crippen molar-refractivity contribution in [3.05, 3.63) is 44.7 Å². The van der Waals surface area contributed by atoms with Crippen molar-refractivity contribution in [3.8, 4) is 11.8 Å². The van der Waals surface area contributed by atoms with Crippen LogP contribution in [0.2, 0.25) is 0 Å². The van der Waals surface area contributed by atoms with E-state index in [0.717, 1.165) is 0 Å². The van der Waals surface area contributed by atoms with Crippen molar-refractivity contribution in [2.24, 2.45) is 5.11 Å². The molecule has 5 nitrogen and oxygen atoms in total. The fraction of sp³-hybridized carbons (Fsp3) is 0.125. The lowest BCUT2D eigenvalue weighted by Gasteiger charge is -1.85. The van der Waals surface area contributed by atoms with E-state index in [4.69, 9.17) is 5.53 Å². The number of aromatic nitrogens is 1. The van der Waals surface area contributed by atoms with Gasteiger partial charge in [0.05, 0.1) is 6.54 Å². The number of aromatic amines is 1. The van der Waals surface area contributed by atoms with E-state index in [2.05, 4.69) is 26.9 Å². The molecule has 0 aliphatic rings. The molecule has 0 saturated carbocycles. The summed E-state index contributed by atoms with van der Waals surface area (Å²) in [5.74, 6) is 5.29. The normalized spacial score (nSPS) is 8.00. The van der Waals surface area contributed by atoms with Crippen LogP contribution in [0.5, 0.6) is 0 Å². The highest BCUT2D eigenvalue weighted by Gasteiger charge is 1.85. The second-order valence-corrected chi connectivity index (χ2v) is 2.13. The Balaban J connectivity index is 2.77. The lowest BCUT2D eigenvalue weighted by Crippen LogP contribution is -2.02. The molecule has 0 amide bonds. The molecule has 64 valence electrons. The number of H-pyrrole nitrogens is 1. The Labute approximate surface area is 74.0 Å². The SMILES string of the molecule is [N-]=[N+]=NCC#Cc1cc[nH]c(=O)c1. The molecular weight excluding hydrogens is 168 g/mol. The summed E-state index contributed by atoms with van der Waals surface area (Å²) in [7, 11) is 0. The average Bonchev–Trinajstić information content (AvgIpc) is 2.13. The van der Waals surface area contributed by atoms with Crippen LogP contribution in [0.15, 0.2) is 28.2 Å². The molecule has 0 saturated heterocycles. The van der Waals surface area contributed by atoms with E-state index in [9.17, 15) is 4.79 Å². The van der Waals surface area contributed by atoms with Gasteiger partial charge in [-0.05, 0) is 11.6 Å². The number of rotatable bonds is 1. The van der Waals surface area contributed by atoms with Crippen LogP contribution < -0.4 is 5.56 Å². The van der Waals surface area contributed by atoms with Crippen LogP contribution in [0.4, 0.5) is 0 Å². The highest BCUT2D eigenvalue weighted by molar-refractivity contribution is 5.32. The summed E-state index contributed by atoms with van der Waals surface area (Å²) >= 11 is 0. The number of pyridine rings is 1. The molecule has 1 aromatic rings. The quantitative estimate of drug-likeness (QED) is 0.293. The van der Waals surface area contributed by atoms with Gasteiger partial charge in [0.25, 0.3) is 0 Å². The van der Waals surface area contributed by atoms with Crippen molar-refractivity contribution in [2.75, 3.05) is 6.54 Å². The molecule has 1 N–H and O–H groups in total. The number of hydrogen-bond donors (Lipinski definition) is 1. The van der Waals surface area contributed by atoms with Gasteiger partial charge in [0.2, 0.25) is 5.56 Å². The molecular formula is C8H6N4O. The minimum atomic E-state index is -0.199. The van der Waals surface area contributed by atoms with Gasteiger partial charge < -0.3 is 4.98 Å². The third-order valence-corrected chi connectivity index (χ3v) is 1.22. The lowest BCUT2D eigenvalue weighted by molar-refractivity contribution is 1.23. The predicted octanol–water partition coefficient (Wildman–Crippen LogP) is 1.04. The van der Waals surface area contributed by atoms with E-state index in [1.807, 2.05) is 0 Å². The fourth-order valence-corrected chi connectivity index (χ4v) is 0.731. The van der Waals surface area contributed by atoms with Crippen molar-refractivity contribution >= 4 is 0 Å². The molecule has 0 aliphatic heterocycles. The zero-order chi connectivity index (χ0) is 9.52. The molecule has 0 atom stereocenters. The highest BCUT2D eigenvalue weighted by Crippen LogP contribution is 1.87. The summed E-state index contributed by atoms with van der Waals surface area (Å²) in [5.41, 5.74) is 8.35. The van der Waals surface area contributed by atoms with Gasteiger partial charge in [-0.1, -0.05) is 17.0 Å². The summed E-state index contributed by atoms with van der Waals surface area (Å²) in [4.78, 5) is 15.8. The summed E-state index contributed by atoms with van der Waals surface area (Å²) in [6, 6.07) is 3.05. The molecule has 0 spiro atoms. The first-order chi connectivity index (χ1) is 6.33. The molecule has 0 unspecified atom stereocenters. The number of hydrogen-bond acceptors (Lipinski definition) is 2. The van der Waals surface area contributed by atoms with Crippen molar-refractivity contribution in [2.45, 2.75) is 0 Å². The van der Waals surface area contributed by atoms with Crippen LogP contribution >= 0.6 is 0 Å². The first kappa shape index (κ1) is 8.91.